The summed E-state index contributed by atoms with van der Waals surface area (Å²) in [6.07, 6.45) is 3.85. The molecular weight excluding hydrogens is 312 g/mol. The van der Waals surface area contributed by atoms with Crippen LogP contribution in [0.25, 0.3) is 0 Å². The standard InChI is InChI=1S/C17H21BrN2/c1-3-13-9-7-11-20-17(13)16(19-4-2)12-14-8-5-6-10-15(14)18/h5-11,16,19H,3-4,12H2,1-2H3. The summed E-state index contributed by atoms with van der Waals surface area (Å²) in [5.41, 5.74) is 3.81. The molecule has 0 radical (unpaired) electrons. The first-order valence-corrected chi connectivity index (χ1v) is 7.96. The summed E-state index contributed by atoms with van der Waals surface area (Å²) < 4.78 is 1.16. The molecule has 0 spiro atoms. The van der Waals surface area contributed by atoms with Gasteiger partial charge in [0, 0.05) is 10.7 Å². The number of hydrogen-bond donors (Lipinski definition) is 1. The summed E-state index contributed by atoms with van der Waals surface area (Å²) in [4.78, 5) is 4.62. The van der Waals surface area contributed by atoms with Crippen LogP contribution >= 0.6 is 15.9 Å². The third-order valence-corrected chi connectivity index (χ3v) is 4.24. The Labute approximate surface area is 129 Å². The Morgan fingerprint density at radius 2 is 1.85 bits per heavy atom. The zero-order valence-electron chi connectivity index (χ0n) is 12.1. The van der Waals surface area contributed by atoms with Gasteiger partial charge >= 0.3 is 0 Å². The Morgan fingerprint density at radius 1 is 1.10 bits per heavy atom. The summed E-state index contributed by atoms with van der Waals surface area (Å²) in [5, 5.41) is 3.57. The van der Waals surface area contributed by atoms with Crippen LogP contribution < -0.4 is 5.32 Å². The van der Waals surface area contributed by atoms with Crippen molar-refractivity contribution in [2.75, 3.05) is 6.54 Å². The van der Waals surface area contributed by atoms with Crippen molar-refractivity contribution in [1.82, 2.24) is 10.3 Å². The maximum Gasteiger partial charge on any atom is 0.0608 e. The van der Waals surface area contributed by atoms with Gasteiger partial charge in [0.1, 0.15) is 0 Å². The molecule has 106 valence electrons. The summed E-state index contributed by atoms with van der Waals surface area (Å²) in [5.74, 6) is 0. The maximum atomic E-state index is 4.62. The third-order valence-electron chi connectivity index (χ3n) is 3.47. The Balaban J connectivity index is 2.29. The Morgan fingerprint density at radius 3 is 2.55 bits per heavy atom. The second kappa shape index (κ2) is 7.55. The zero-order chi connectivity index (χ0) is 14.4. The van der Waals surface area contributed by atoms with Crippen LogP contribution in [-0.4, -0.2) is 11.5 Å². The minimum atomic E-state index is 0.259. The van der Waals surface area contributed by atoms with Crippen molar-refractivity contribution < 1.29 is 0 Å². The van der Waals surface area contributed by atoms with Crippen molar-refractivity contribution in [2.24, 2.45) is 0 Å². The van der Waals surface area contributed by atoms with Gasteiger partial charge in [0.15, 0.2) is 0 Å². The highest BCUT2D eigenvalue weighted by atomic mass is 79.9. The quantitative estimate of drug-likeness (QED) is 0.853. The SMILES string of the molecule is CCNC(Cc1ccccc1Br)c1ncccc1CC. The number of benzene rings is 1. The summed E-state index contributed by atoms with van der Waals surface area (Å²) in [7, 11) is 0. The van der Waals surface area contributed by atoms with Crippen LogP contribution in [0.2, 0.25) is 0 Å². The lowest BCUT2D eigenvalue weighted by Crippen LogP contribution is -2.25. The molecule has 1 aromatic carbocycles. The average molecular weight is 333 g/mol. The number of aromatic nitrogens is 1. The molecule has 1 N–H and O–H groups in total. The summed E-state index contributed by atoms with van der Waals surface area (Å²) in [6, 6.07) is 12.8. The molecule has 0 aliphatic rings. The van der Waals surface area contributed by atoms with E-state index < -0.39 is 0 Å². The lowest BCUT2D eigenvalue weighted by atomic mass is 9.98. The summed E-state index contributed by atoms with van der Waals surface area (Å²) in [6.45, 7) is 5.26. The zero-order valence-corrected chi connectivity index (χ0v) is 13.7. The molecule has 20 heavy (non-hydrogen) atoms. The molecule has 0 aliphatic carbocycles. The molecule has 1 aromatic heterocycles. The van der Waals surface area contributed by atoms with Gasteiger partial charge in [0.25, 0.3) is 0 Å². The molecule has 0 fully saturated rings. The van der Waals surface area contributed by atoms with Gasteiger partial charge < -0.3 is 5.32 Å². The topological polar surface area (TPSA) is 24.9 Å². The number of rotatable bonds is 6. The van der Waals surface area contributed by atoms with Gasteiger partial charge in [-0.05, 0) is 42.6 Å². The second-order valence-electron chi connectivity index (χ2n) is 4.81. The van der Waals surface area contributed by atoms with Gasteiger partial charge in [-0.1, -0.05) is 54.0 Å². The number of nitrogens with one attached hydrogen (secondary N) is 1. The molecule has 0 saturated heterocycles. The van der Waals surface area contributed by atoms with Crippen molar-refractivity contribution in [3.05, 3.63) is 63.9 Å². The monoisotopic (exact) mass is 332 g/mol. The minimum absolute atomic E-state index is 0.259. The van der Waals surface area contributed by atoms with E-state index in [1.54, 1.807) is 0 Å². The predicted molar refractivity (Wildman–Crippen MR) is 87.9 cm³/mol. The highest BCUT2D eigenvalue weighted by molar-refractivity contribution is 9.10. The fraction of sp³-hybridized carbons (Fsp3) is 0.353. The number of halogens is 1. The molecule has 3 heteroatoms. The van der Waals surface area contributed by atoms with Crippen molar-refractivity contribution in [1.29, 1.82) is 0 Å². The molecular formula is C17H21BrN2. The number of aryl methyl sites for hydroxylation is 1. The van der Waals surface area contributed by atoms with Crippen molar-refractivity contribution in [3.63, 3.8) is 0 Å². The number of likely N-dealkylation sites (N-methyl/N-ethyl adjacent to an activating group) is 1. The van der Waals surface area contributed by atoms with Crippen LogP contribution in [0.4, 0.5) is 0 Å². The molecule has 1 unspecified atom stereocenters. The van der Waals surface area contributed by atoms with Crippen molar-refractivity contribution in [2.45, 2.75) is 32.7 Å². The smallest absolute Gasteiger partial charge is 0.0608 e. The molecule has 0 amide bonds. The van der Waals surface area contributed by atoms with E-state index in [4.69, 9.17) is 0 Å². The number of nitrogens with zero attached hydrogens (tertiary/aromatic N) is 1. The van der Waals surface area contributed by atoms with Crippen LogP contribution in [0.3, 0.4) is 0 Å². The second-order valence-corrected chi connectivity index (χ2v) is 5.66. The number of pyridine rings is 1. The lowest BCUT2D eigenvalue weighted by Gasteiger charge is -2.20. The largest absolute Gasteiger partial charge is 0.309 e. The van der Waals surface area contributed by atoms with Gasteiger partial charge in [-0.15, -0.1) is 0 Å². The molecule has 2 rings (SSSR count). The third kappa shape index (κ3) is 3.68. The van der Waals surface area contributed by atoms with Crippen LogP contribution in [0.5, 0.6) is 0 Å². The fourth-order valence-electron chi connectivity index (χ4n) is 2.46. The van der Waals surface area contributed by atoms with Gasteiger partial charge in [0.05, 0.1) is 11.7 Å². The Bertz CT molecular complexity index is 554. The lowest BCUT2D eigenvalue weighted by molar-refractivity contribution is 0.531. The van der Waals surface area contributed by atoms with Crippen molar-refractivity contribution >= 4 is 15.9 Å². The molecule has 2 aromatic rings. The normalized spacial score (nSPS) is 12.3. The van der Waals surface area contributed by atoms with E-state index >= 15 is 0 Å². The molecule has 0 saturated carbocycles. The van der Waals surface area contributed by atoms with Crippen LogP contribution in [0, 0.1) is 0 Å². The average Bonchev–Trinajstić information content (AvgIpc) is 2.49. The maximum absolute atomic E-state index is 4.62. The van der Waals surface area contributed by atoms with E-state index in [1.165, 1.54) is 16.8 Å². The van der Waals surface area contributed by atoms with Gasteiger partial charge in [-0.25, -0.2) is 0 Å². The minimum Gasteiger partial charge on any atom is -0.309 e. The molecule has 0 bridgehead atoms. The van der Waals surface area contributed by atoms with Crippen LogP contribution in [-0.2, 0) is 12.8 Å². The van der Waals surface area contributed by atoms with Crippen LogP contribution in [0.1, 0.15) is 36.7 Å². The first-order chi connectivity index (χ1) is 9.76. The van der Waals surface area contributed by atoms with E-state index in [0.717, 1.165) is 23.9 Å². The number of hydrogen-bond acceptors (Lipinski definition) is 2. The molecule has 1 heterocycles. The first kappa shape index (κ1) is 15.2. The van der Waals surface area contributed by atoms with Crippen LogP contribution in [0.15, 0.2) is 47.1 Å². The highest BCUT2D eigenvalue weighted by Crippen LogP contribution is 2.24. The van der Waals surface area contributed by atoms with E-state index in [0.29, 0.717) is 0 Å². The Hall–Kier alpha value is -1.19. The van der Waals surface area contributed by atoms with E-state index in [2.05, 4.69) is 64.3 Å². The summed E-state index contributed by atoms with van der Waals surface area (Å²) >= 11 is 3.64. The molecule has 2 nitrogen and oxygen atoms in total. The fourth-order valence-corrected chi connectivity index (χ4v) is 2.91. The van der Waals surface area contributed by atoms with E-state index in [1.807, 2.05) is 18.3 Å². The highest BCUT2D eigenvalue weighted by Gasteiger charge is 2.16. The Kier molecular flexibility index (Phi) is 5.74. The van der Waals surface area contributed by atoms with Gasteiger partial charge in [-0.3, -0.25) is 4.98 Å². The molecule has 0 aliphatic heterocycles. The predicted octanol–water partition coefficient (Wildman–Crippen LogP) is 4.30. The van der Waals surface area contributed by atoms with E-state index in [9.17, 15) is 0 Å². The van der Waals surface area contributed by atoms with Gasteiger partial charge in [0.2, 0.25) is 0 Å². The van der Waals surface area contributed by atoms with Gasteiger partial charge in [-0.2, -0.15) is 0 Å². The first-order valence-electron chi connectivity index (χ1n) is 7.16. The molecule has 1 atom stereocenters. The van der Waals surface area contributed by atoms with E-state index in [-0.39, 0.29) is 6.04 Å². The van der Waals surface area contributed by atoms with Crippen molar-refractivity contribution in [3.8, 4) is 0 Å².